The molecule has 11 heteroatoms. The van der Waals surface area contributed by atoms with Crippen LogP contribution in [0, 0.1) is 6.92 Å². The molecule has 2 aromatic carbocycles. The van der Waals surface area contributed by atoms with Gasteiger partial charge < -0.3 is 14.5 Å². The van der Waals surface area contributed by atoms with Crippen molar-refractivity contribution < 1.29 is 40.7 Å². The summed E-state index contributed by atoms with van der Waals surface area (Å²) >= 11 is 0. The average molecular weight is 543 g/mol. The molecule has 38 heavy (non-hydrogen) atoms. The molecule has 0 unspecified atom stereocenters. The zero-order valence-corrected chi connectivity index (χ0v) is 20.7. The van der Waals surface area contributed by atoms with Crippen LogP contribution in [-0.4, -0.2) is 53.9 Å². The van der Waals surface area contributed by atoms with Gasteiger partial charge in [0, 0.05) is 32.0 Å². The Balaban J connectivity index is 1.57. The van der Waals surface area contributed by atoms with Crippen LogP contribution in [0.25, 0.3) is 0 Å². The second-order valence-corrected chi connectivity index (χ2v) is 9.77. The van der Waals surface area contributed by atoms with Gasteiger partial charge in [0.15, 0.2) is 0 Å². The lowest BCUT2D eigenvalue weighted by atomic mass is 9.84. The lowest BCUT2D eigenvalue weighted by Crippen LogP contribution is -2.50. The maximum Gasteiger partial charge on any atom is 0.416 e. The van der Waals surface area contributed by atoms with Gasteiger partial charge in [-0.25, -0.2) is 0 Å². The molecule has 2 atom stereocenters. The van der Waals surface area contributed by atoms with E-state index in [0.717, 1.165) is 11.1 Å². The zero-order valence-electron chi connectivity index (χ0n) is 20.7. The Bertz CT molecular complexity index is 1150. The number of hydrogen-bond acceptors (Lipinski definition) is 3. The summed E-state index contributed by atoms with van der Waals surface area (Å²) in [6, 6.07) is 8.92. The molecule has 2 aliphatic heterocycles. The number of carbonyl (C=O) groups excluding carboxylic acids is 2. The van der Waals surface area contributed by atoms with Crippen LogP contribution in [-0.2, 0) is 33.3 Å². The fourth-order valence-electron chi connectivity index (χ4n) is 5.11. The predicted octanol–water partition coefficient (Wildman–Crippen LogP) is 5.56. The van der Waals surface area contributed by atoms with E-state index in [1.807, 2.05) is 31.2 Å². The van der Waals surface area contributed by atoms with Gasteiger partial charge in [0.1, 0.15) is 0 Å². The maximum atomic E-state index is 13.3. The third kappa shape index (κ3) is 6.48. The minimum Gasteiger partial charge on any atom is -0.371 e. The van der Waals surface area contributed by atoms with Gasteiger partial charge in [0.2, 0.25) is 11.8 Å². The Morgan fingerprint density at radius 1 is 1.00 bits per heavy atom. The third-order valence-electron chi connectivity index (χ3n) is 7.11. The van der Waals surface area contributed by atoms with E-state index in [1.165, 1.54) is 4.90 Å². The molecule has 4 rings (SSSR count). The Kier molecular flexibility index (Phi) is 8.06. The van der Waals surface area contributed by atoms with Gasteiger partial charge in [-0.2, -0.15) is 26.3 Å². The van der Waals surface area contributed by atoms with E-state index in [1.54, 1.807) is 4.90 Å². The molecule has 0 aliphatic carbocycles. The molecule has 5 nitrogen and oxygen atoms in total. The molecule has 0 radical (unpaired) electrons. The van der Waals surface area contributed by atoms with Gasteiger partial charge in [-0.3, -0.25) is 9.59 Å². The SMILES string of the molecule is Cc1ccccc1[C@@H]1CCN(C(=O)CN2CCCC2=O)C[C@@H]1OCc1cc(C(F)(F)F)cc(C(F)(F)F)c1. The van der Waals surface area contributed by atoms with Crippen molar-refractivity contribution in [3.63, 3.8) is 0 Å². The second kappa shape index (κ2) is 11.0. The van der Waals surface area contributed by atoms with E-state index in [2.05, 4.69) is 0 Å². The largest absolute Gasteiger partial charge is 0.416 e. The molecule has 0 bridgehead atoms. The van der Waals surface area contributed by atoms with Crippen LogP contribution >= 0.6 is 0 Å². The van der Waals surface area contributed by atoms with Crippen LogP contribution in [0.1, 0.15) is 53.0 Å². The second-order valence-electron chi connectivity index (χ2n) is 9.77. The van der Waals surface area contributed by atoms with Gasteiger partial charge >= 0.3 is 12.4 Å². The first-order valence-corrected chi connectivity index (χ1v) is 12.3. The molecular formula is C27H28F6N2O3. The number of ether oxygens (including phenoxy) is 1. The van der Waals surface area contributed by atoms with Crippen molar-refractivity contribution in [2.45, 2.75) is 57.2 Å². The van der Waals surface area contributed by atoms with E-state index in [4.69, 9.17) is 4.74 Å². The van der Waals surface area contributed by atoms with E-state index >= 15 is 0 Å². The summed E-state index contributed by atoms with van der Waals surface area (Å²) in [5, 5.41) is 0. The summed E-state index contributed by atoms with van der Waals surface area (Å²) in [6.45, 7) is 2.34. The Morgan fingerprint density at radius 2 is 1.66 bits per heavy atom. The number of aryl methyl sites for hydroxylation is 1. The monoisotopic (exact) mass is 542 g/mol. The van der Waals surface area contributed by atoms with E-state index in [-0.39, 0.29) is 42.5 Å². The number of piperidine rings is 1. The summed E-state index contributed by atoms with van der Waals surface area (Å²) in [4.78, 5) is 28.0. The molecule has 0 N–H and O–H groups in total. The molecular weight excluding hydrogens is 514 g/mol. The lowest BCUT2D eigenvalue weighted by Gasteiger charge is -2.39. The predicted molar refractivity (Wildman–Crippen MR) is 126 cm³/mol. The van der Waals surface area contributed by atoms with Crippen LogP contribution in [0.4, 0.5) is 26.3 Å². The fraction of sp³-hybridized carbons (Fsp3) is 0.481. The molecule has 2 aliphatic rings. The van der Waals surface area contributed by atoms with Crippen LogP contribution < -0.4 is 0 Å². The number of alkyl halides is 6. The first kappa shape index (κ1) is 27.9. The lowest BCUT2D eigenvalue weighted by molar-refractivity contribution is -0.143. The molecule has 206 valence electrons. The smallest absolute Gasteiger partial charge is 0.371 e. The normalized spacial score (nSPS) is 20.8. The van der Waals surface area contributed by atoms with Crippen molar-refractivity contribution in [2.24, 2.45) is 0 Å². The Hall–Kier alpha value is -3.08. The number of benzene rings is 2. The summed E-state index contributed by atoms with van der Waals surface area (Å²) < 4.78 is 85.9. The van der Waals surface area contributed by atoms with Crippen LogP contribution in [0.15, 0.2) is 42.5 Å². The first-order valence-electron chi connectivity index (χ1n) is 12.3. The van der Waals surface area contributed by atoms with Gasteiger partial charge in [0.05, 0.1) is 30.4 Å². The maximum absolute atomic E-state index is 13.3. The minimum absolute atomic E-state index is 0.0663. The van der Waals surface area contributed by atoms with Gasteiger partial charge in [0.25, 0.3) is 0 Å². The fourth-order valence-corrected chi connectivity index (χ4v) is 5.11. The zero-order chi connectivity index (χ0) is 27.7. The number of halogens is 6. The van der Waals surface area contributed by atoms with Crippen molar-refractivity contribution in [1.82, 2.24) is 9.80 Å². The number of rotatable bonds is 6. The number of nitrogens with zero attached hydrogens (tertiary/aromatic N) is 2. The highest BCUT2D eigenvalue weighted by molar-refractivity contribution is 5.86. The number of amides is 2. The summed E-state index contributed by atoms with van der Waals surface area (Å²) in [7, 11) is 0. The summed E-state index contributed by atoms with van der Waals surface area (Å²) in [6.07, 6.45) is -9.02. The third-order valence-corrected chi connectivity index (χ3v) is 7.11. The minimum atomic E-state index is -4.96. The standard InChI is InChI=1S/C27H28F6N2O3/c1-17-5-2-3-6-21(17)22-8-10-35(25(37)15-34-9-4-7-24(34)36)14-23(22)38-16-18-11-19(26(28,29)30)13-20(12-18)27(31,32)33/h2-3,5-6,11-13,22-23H,4,7-10,14-16H2,1H3/t22-,23-/m0/s1. The van der Waals surface area contributed by atoms with E-state index in [9.17, 15) is 35.9 Å². The average Bonchev–Trinajstić information content (AvgIpc) is 3.25. The highest BCUT2D eigenvalue weighted by atomic mass is 19.4. The topological polar surface area (TPSA) is 49.9 Å². The molecule has 0 aromatic heterocycles. The van der Waals surface area contributed by atoms with Gasteiger partial charge in [-0.05, 0) is 54.7 Å². The number of carbonyl (C=O) groups is 2. The highest BCUT2D eigenvalue weighted by Gasteiger charge is 2.38. The Morgan fingerprint density at radius 3 is 2.24 bits per heavy atom. The van der Waals surface area contributed by atoms with Crippen molar-refractivity contribution in [2.75, 3.05) is 26.2 Å². The quantitative estimate of drug-likeness (QED) is 0.450. The van der Waals surface area contributed by atoms with E-state index < -0.39 is 36.2 Å². The summed E-state index contributed by atoms with van der Waals surface area (Å²) in [5.74, 6) is -0.581. The van der Waals surface area contributed by atoms with Crippen molar-refractivity contribution in [3.05, 3.63) is 70.3 Å². The van der Waals surface area contributed by atoms with Crippen molar-refractivity contribution >= 4 is 11.8 Å². The molecule has 2 fully saturated rings. The Labute approximate surface area is 216 Å². The molecule has 2 aromatic rings. The molecule has 2 amide bonds. The van der Waals surface area contributed by atoms with Gasteiger partial charge in [-0.1, -0.05) is 24.3 Å². The van der Waals surface area contributed by atoms with Crippen LogP contribution in [0.3, 0.4) is 0 Å². The van der Waals surface area contributed by atoms with Crippen LogP contribution in [0.2, 0.25) is 0 Å². The number of likely N-dealkylation sites (tertiary alicyclic amines) is 2. The number of hydrogen-bond donors (Lipinski definition) is 0. The molecule has 2 heterocycles. The molecule has 2 saturated heterocycles. The summed E-state index contributed by atoms with van der Waals surface area (Å²) in [5.41, 5.74) is -1.16. The first-order chi connectivity index (χ1) is 17.8. The van der Waals surface area contributed by atoms with Gasteiger partial charge in [-0.15, -0.1) is 0 Å². The van der Waals surface area contributed by atoms with E-state index in [0.29, 0.717) is 44.5 Å². The van der Waals surface area contributed by atoms with Crippen LogP contribution in [0.5, 0.6) is 0 Å². The highest BCUT2D eigenvalue weighted by Crippen LogP contribution is 2.37. The van der Waals surface area contributed by atoms with Crippen molar-refractivity contribution in [1.29, 1.82) is 0 Å². The van der Waals surface area contributed by atoms with Crippen molar-refractivity contribution in [3.8, 4) is 0 Å². The molecule has 0 spiro atoms. The molecule has 0 saturated carbocycles.